The molecule has 1 atom stereocenters. The van der Waals surface area contributed by atoms with E-state index in [4.69, 9.17) is 4.74 Å². The summed E-state index contributed by atoms with van der Waals surface area (Å²) in [5.74, 6) is -0.844. The van der Waals surface area contributed by atoms with E-state index in [0.29, 0.717) is 42.5 Å². The zero-order valence-electron chi connectivity index (χ0n) is 24.4. The van der Waals surface area contributed by atoms with Gasteiger partial charge in [-0.25, -0.2) is 4.79 Å². The van der Waals surface area contributed by atoms with Crippen LogP contribution in [0, 0.1) is 5.92 Å². The van der Waals surface area contributed by atoms with Crippen LogP contribution in [0.15, 0.2) is 104 Å². The molecule has 0 aliphatic carbocycles. The Bertz CT molecular complexity index is 1660. The third kappa shape index (κ3) is 9.50. The molecule has 0 aliphatic rings. The minimum Gasteiger partial charge on any atom is -0.508 e. The second-order valence-electron chi connectivity index (χ2n) is 10.7. The van der Waals surface area contributed by atoms with E-state index in [0.717, 1.165) is 11.1 Å². The van der Waals surface area contributed by atoms with E-state index in [1.807, 2.05) is 18.2 Å². The Morgan fingerprint density at radius 1 is 0.761 bits per heavy atom. The van der Waals surface area contributed by atoms with Gasteiger partial charge in [0.05, 0.1) is 16.7 Å². The molecule has 1 unspecified atom stereocenters. The van der Waals surface area contributed by atoms with E-state index in [-0.39, 0.29) is 34.6 Å². The van der Waals surface area contributed by atoms with Gasteiger partial charge in [-0.05, 0) is 78.3 Å². The minimum absolute atomic E-state index is 0.0353. The maximum absolute atomic E-state index is 13.3. The number of carboxylic acids is 1. The zero-order chi connectivity index (χ0) is 33.5. The number of rotatable bonds is 12. The number of carboxylic acid groups (broad SMARTS) is 1. The number of aliphatic hydroxyl groups excluding tert-OH is 1. The number of allylic oxidation sites excluding steroid dienone is 1. The first-order valence-electron chi connectivity index (χ1n) is 14.2. The fourth-order valence-electron chi connectivity index (χ4n) is 4.82. The van der Waals surface area contributed by atoms with E-state index in [2.05, 4.69) is 6.58 Å². The first-order valence-corrected chi connectivity index (χ1v) is 14.2. The number of alkyl halides is 6. The molecule has 10 heteroatoms. The summed E-state index contributed by atoms with van der Waals surface area (Å²) < 4.78 is 85.6. The van der Waals surface area contributed by atoms with Gasteiger partial charge in [-0.1, -0.05) is 73.3 Å². The van der Waals surface area contributed by atoms with Crippen LogP contribution in [0.2, 0.25) is 0 Å². The fraction of sp³-hybridized carbons (Fsp3) is 0.194. The summed E-state index contributed by atoms with van der Waals surface area (Å²) in [5, 5.41) is 18.8. The molecule has 0 aliphatic heterocycles. The summed E-state index contributed by atoms with van der Waals surface area (Å²) in [5.41, 5.74) is 0.162. The van der Waals surface area contributed by atoms with Gasteiger partial charge < -0.3 is 14.9 Å². The Balaban J connectivity index is 1.55. The summed E-state index contributed by atoms with van der Waals surface area (Å²) in [6, 6.07) is 21.9. The number of aryl methyl sites for hydroxylation is 1. The van der Waals surface area contributed by atoms with Crippen molar-refractivity contribution in [3.8, 4) is 5.75 Å². The summed E-state index contributed by atoms with van der Waals surface area (Å²) in [4.78, 5) is 11.3. The summed E-state index contributed by atoms with van der Waals surface area (Å²) >= 11 is 0. The Morgan fingerprint density at radius 3 is 1.89 bits per heavy atom. The first kappa shape index (κ1) is 33.9. The average molecular weight is 641 g/mol. The van der Waals surface area contributed by atoms with Gasteiger partial charge in [0.1, 0.15) is 18.1 Å². The quantitative estimate of drug-likeness (QED) is 0.120. The smallest absolute Gasteiger partial charge is 0.416 e. The van der Waals surface area contributed by atoms with Crippen LogP contribution in [-0.4, -0.2) is 16.2 Å². The molecular weight excluding hydrogens is 610 g/mol. The van der Waals surface area contributed by atoms with Crippen molar-refractivity contribution in [2.45, 2.75) is 38.2 Å². The van der Waals surface area contributed by atoms with E-state index < -0.39 is 36.1 Å². The second kappa shape index (κ2) is 14.4. The number of carbonyl (C=O) groups is 1. The molecule has 0 amide bonds. The van der Waals surface area contributed by atoms with Crippen molar-refractivity contribution < 1.29 is 46.1 Å². The number of aliphatic hydroxyl groups is 1. The van der Waals surface area contributed by atoms with Crippen molar-refractivity contribution in [2.75, 3.05) is 0 Å². The number of halogens is 6. The van der Waals surface area contributed by atoms with E-state index in [1.165, 1.54) is 12.1 Å². The van der Waals surface area contributed by atoms with Crippen LogP contribution in [0.4, 0.5) is 26.3 Å². The van der Waals surface area contributed by atoms with Gasteiger partial charge >= 0.3 is 18.3 Å². The average Bonchev–Trinajstić information content (AvgIpc) is 3.01. The molecule has 0 saturated carbocycles. The van der Waals surface area contributed by atoms with Crippen LogP contribution in [0.1, 0.15) is 55.7 Å². The summed E-state index contributed by atoms with van der Waals surface area (Å²) in [6.07, 6.45) is -4.26. The molecule has 0 saturated heterocycles. The van der Waals surface area contributed by atoms with Crippen LogP contribution < -0.4 is 4.74 Å². The van der Waals surface area contributed by atoms with Crippen molar-refractivity contribution >= 4 is 17.8 Å². The predicted molar refractivity (Wildman–Crippen MR) is 163 cm³/mol. The molecule has 46 heavy (non-hydrogen) atoms. The number of ether oxygens (including phenoxy) is 1. The monoisotopic (exact) mass is 640 g/mol. The van der Waals surface area contributed by atoms with Crippen LogP contribution in [0.5, 0.6) is 5.75 Å². The van der Waals surface area contributed by atoms with Gasteiger partial charge in [0, 0.05) is 11.1 Å². The van der Waals surface area contributed by atoms with E-state index >= 15 is 0 Å². The number of hydrogen-bond donors (Lipinski definition) is 2. The Hall–Kier alpha value is -4.99. The van der Waals surface area contributed by atoms with Gasteiger partial charge in [0.15, 0.2) is 0 Å². The second-order valence-corrected chi connectivity index (χ2v) is 10.7. The molecular formula is C36H30F6O4. The SMILES string of the molecule is C=C(O)c1ccc(CCC(/C=C/c2ccccc2OCc2cc(C(F)(F)F)cc(C(F)(F)F)c2)Cc2ccc(C(=O)O)cc2)cc1. The topological polar surface area (TPSA) is 66.8 Å². The van der Waals surface area contributed by atoms with Crippen molar-refractivity contribution in [1.29, 1.82) is 0 Å². The number of para-hydroxylation sites is 1. The lowest BCUT2D eigenvalue weighted by Crippen LogP contribution is -2.12. The highest BCUT2D eigenvalue weighted by Crippen LogP contribution is 2.36. The third-order valence-electron chi connectivity index (χ3n) is 7.30. The van der Waals surface area contributed by atoms with Crippen molar-refractivity contribution in [3.05, 3.63) is 148 Å². The lowest BCUT2D eigenvalue weighted by molar-refractivity contribution is -0.143. The van der Waals surface area contributed by atoms with Gasteiger partial charge in [0.2, 0.25) is 0 Å². The Kier molecular flexibility index (Phi) is 10.6. The molecule has 0 heterocycles. The highest BCUT2D eigenvalue weighted by Gasteiger charge is 2.37. The van der Waals surface area contributed by atoms with Gasteiger partial charge in [0.25, 0.3) is 0 Å². The van der Waals surface area contributed by atoms with Gasteiger partial charge in [-0.2, -0.15) is 26.3 Å². The van der Waals surface area contributed by atoms with Gasteiger partial charge in [-0.3, -0.25) is 0 Å². The highest BCUT2D eigenvalue weighted by molar-refractivity contribution is 5.87. The van der Waals surface area contributed by atoms with Crippen LogP contribution in [-0.2, 0) is 31.8 Å². The number of hydrogen-bond acceptors (Lipinski definition) is 3. The van der Waals surface area contributed by atoms with Gasteiger partial charge in [-0.15, -0.1) is 0 Å². The standard InChI is InChI=1S/C36H30F6O4/c1-23(43)28-13-8-24(9-14-28)6-7-25(18-26-11-16-30(17-12-26)34(44)45)10-15-29-4-2-3-5-33(29)46-22-27-19-31(35(37,38)39)21-32(20-27)36(40,41)42/h2-5,8-17,19-21,25,43H,1,6-7,18,22H2,(H,44,45)/b15-10+. The molecule has 0 spiro atoms. The molecule has 0 aromatic heterocycles. The maximum atomic E-state index is 13.3. The Morgan fingerprint density at radius 2 is 1.33 bits per heavy atom. The normalized spacial score (nSPS) is 12.7. The number of benzene rings is 4. The van der Waals surface area contributed by atoms with Crippen LogP contribution >= 0.6 is 0 Å². The molecule has 4 aromatic rings. The molecule has 0 radical (unpaired) electrons. The van der Waals surface area contributed by atoms with E-state index in [1.54, 1.807) is 54.6 Å². The molecule has 4 aromatic carbocycles. The molecule has 240 valence electrons. The molecule has 0 fully saturated rings. The molecule has 0 bridgehead atoms. The molecule has 2 N–H and O–H groups in total. The minimum atomic E-state index is -4.96. The van der Waals surface area contributed by atoms with Crippen molar-refractivity contribution in [1.82, 2.24) is 0 Å². The maximum Gasteiger partial charge on any atom is 0.416 e. The fourth-order valence-corrected chi connectivity index (χ4v) is 4.82. The van der Waals surface area contributed by atoms with Crippen molar-refractivity contribution in [3.63, 3.8) is 0 Å². The lowest BCUT2D eigenvalue weighted by Gasteiger charge is -2.16. The first-order chi connectivity index (χ1) is 21.7. The largest absolute Gasteiger partial charge is 0.508 e. The van der Waals surface area contributed by atoms with Crippen LogP contribution in [0.3, 0.4) is 0 Å². The van der Waals surface area contributed by atoms with Crippen LogP contribution in [0.25, 0.3) is 11.8 Å². The highest BCUT2D eigenvalue weighted by atomic mass is 19.4. The number of aromatic carboxylic acids is 1. The zero-order valence-corrected chi connectivity index (χ0v) is 24.4. The summed E-state index contributed by atoms with van der Waals surface area (Å²) in [7, 11) is 0. The Labute approximate surface area is 261 Å². The molecule has 4 rings (SSSR count). The third-order valence-corrected chi connectivity index (χ3v) is 7.30. The summed E-state index contributed by atoms with van der Waals surface area (Å²) in [6.45, 7) is 3.00. The lowest BCUT2D eigenvalue weighted by atomic mass is 9.91. The predicted octanol–water partition coefficient (Wildman–Crippen LogP) is 10.0. The molecule has 4 nitrogen and oxygen atoms in total. The van der Waals surface area contributed by atoms with E-state index in [9.17, 15) is 41.4 Å². The van der Waals surface area contributed by atoms with Crippen molar-refractivity contribution in [2.24, 2.45) is 5.92 Å².